The summed E-state index contributed by atoms with van der Waals surface area (Å²) in [5.74, 6) is 5.06. The number of benzene rings is 7. The molecule has 2 aliphatic heterocycles. The van der Waals surface area contributed by atoms with Gasteiger partial charge < -0.3 is 0 Å². The van der Waals surface area contributed by atoms with Crippen LogP contribution >= 0.6 is 16.3 Å². The SMILES string of the molecule is Cc1cc(C)c(-c2cccc(-c3c(C)cc(C)cc3C)c2N2C(=Nc3c(C)cccc3C)P3C=C[P@@]2N3c2c(-c3c(C)cc(C)cc3C)cccc2-c2c(C)cc(C)cc2C)c(C)c1. The summed E-state index contributed by atoms with van der Waals surface area (Å²) >= 11 is 0. The molecule has 64 heavy (non-hydrogen) atoms. The number of aryl methyl sites for hydroxylation is 14. The van der Waals surface area contributed by atoms with Gasteiger partial charge in [-0.2, -0.15) is 0 Å². The first kappa shape index (κ1) is 43.7. The van der Waals surface area contributed by atoms with E-state index in [-0.39, 0.29) is 0 Å². The Kier molecular flexibility index (Phi) is 11.4. The van der Waals surface area contributed by atoms with Crippen LogP contribution in [-0.2, 0) is 0 Å². The van der Waals surface area contributed by atoms with Gasteiger partial charge in [-0.05, 0) is 186 Å². The topological polar surface area (TPSA) is 18.8 Å². The first-order chi connectivity index (χ1) is 30.5. The van der Waals surface area contributed by atoms with Crippen molar-refractivity contribution in [1.82, 2.24) is 0 Å². The lowest BCUT2D eigenvalue weighted by Gasteiger charge is -2.34. The number of hydrogen-bond donors (Lipinski definition) is 0. The lowest BCUT2D eigenvalue weighted by Crippen LogP contribution is -2.21. The van der Waals surface area contributed by atoms with Gasteiger partial charge in [0.15, 0.2) is 5.58 Å². The molecule has 1 fully saturated rings. The summed E-state index contributed by atoms with van der Waals surface area (Å²) in [6.45, 7) is 31.6. The van der Waals surface area contributed by atoms with E-state index in [2.05, 4.69) is 221 Å². The maximum atomic E-state index is 5.95. The van der Waals surface area contributed by atoms with Gasteiger partial charge in [0.05, 0.1) is 25.1 Å². The van der Waals surface area contributed by atoms with Crippen LogP contribution in [0, 0.1) is 96.9 Å². The van der Waals surface area contributed by atoms with Crippen LogP contribution in [0.2, 0.25) is 0 Å². The van der Waals surface area contributed by atoms with E-state index in [0.717, 1.165) is 11.3 Å². The van der Waals surface area contributed by atoms with Crippen LogP contribution in [0.15, 0.2) is 120 Å². The van der Waals surface area contributed by atoms with Gasteiger partial charge in [0.1, 0.15) is 8.22 Å². The van der Waals surface area contributed by atoms with Crippen molar-refractivity contribution in [3.63, 3.8) is 0 Å². The van der Waals surface area contributed by atoms with Gasteiger partial charge in [-0.15, -0.1) is 0 Å². The molecule has 0 saturated carbocycles. The molecule has 0 radical (unpaired) electrons. The van der Waals surface area contributed by atoms with Crippen molar-refractivity contribution in [3.8, 4) is 44.5 Å². The highest BCUT2D eigenvalue weighted by atomic mass is 31.2. The zero-order chi connectivity index (χ0) is 45.5. The van der Waals surface area contributed by atoms with Crippen molar-refractivity contribution in [1.29, 1.82) is 0 Å². The summed E-state index contributed by atoms with van der Waals surface area (Å²) in [6.07, 6.45) is 0. The molecule has 1 unspecified atom stereocenters. The summed E-state index contributed by atoms with van der Waals surface area (Å²) in [4.78, 5) is 5.95. The van der Waals surface area contributed by atoms with Crippen molar-refractivity contribution in [2.45, 2.75) is 96.9 Å². The molecule has 0 amide bonds. The fraction of sp³-hybridized carbons (Fsp3) is 0.237. The van der Waals surface area contributed by atoms with Gasteiger partial charge >= 0.3 is 0 Å². The first-order valence-corrected chi connectivity index (χ1v) is 25.3. The zero-order valence-electron chi connectivity index (χ0n) is 40.2. The number of hydrogen-bond acceptors (Lipinski definition) is 2. The number of nitrogens with zero attached hydrogens (tertiary/aromatic N) is 3. The fourth-order valence-electron chi connectivity index (χ4n) is 11.2. The van der Waals surface area contributed by atoms with E-state index in [4.69, 9.17) is 4.99 Å². The van der Waals surface area contributed by atoms with Crippen LogP contribution in [0.25, 0.3) is 44.5 Å². The Balaban J connectivity index is 1.43. The van der Waals surface area contributed by atoms with E-state index in [1.54, 1.807) is 0 Å². The third-order valence-electron chi connectivity index (χ3n) is 13.3. The predicted octanol–water partition coefficient (Wildman–Crippen LogP) is 17.9. The van der Waals surface area contributed by atoms with Crippen LogP contribution in [0.1, 0.15) is 77.9 Å². The van der Waals surface area contributed by atoms with Gasteiger partial charge in [0.25, 0.3) is 0 Å². The highest BCUT2D eigenvalue weighted by Crippen LogP contribution is 2.79. The second kappa shape index (κ2) is 16.8. The minimum Gasteiger partial charge on any atom is -0.297 e. The summed E-state index contributed by atoms with van der Waals surface area (Å²) in [5.41, 5.74) is 33.0. The third-order valence-corrected chi connectivity index (χ3v) is 18.3. The number of amidine groups is 1. The normalized spacial score (nSPS) is 16.2. The van der Waals surface area contributed by atoms with Crippen LogP contribution in [-0.4, -0.2) is 5.58 Å². The number of anilines is 2. The Morgan fingerprint density at radius 3 is 1.02 bits per heavy atom. The maximum Gasteiger partial charge on any atom is 0.163 e. The molecule has 0 aliphatic carbocycles. The molecule has 2 aliphatic rings. The van der Waals surface area contributed by atoms with E-state index in [0.29, 0.717) is 0 Å². The zero-order valence-corrected chi connectivity index (χ0v) is 42.0. The highest BCUT2D eigenvalue weighted by molar-refractivity contribution is 7.98. The smallest absolute Gasteiger partial charge is 0.163 e. The molecule has 322 valence electrons. The summed E-state index contributed by atoms with van der Waals surface area (Å²) in [6, 6.07) is 39.5. The molecule has 7 aromatic rings. The first-order valence-electron chi connectivity index (χ1n) is 22.6. The Hall–Kier alpha value is -5.59. The Morgan fingerprint density at radius 2 is 0.672 bits per heavy atom. The predicted molar refractivity (Wildman–Crippen MR) is 282 cm³/mol. The van der Waals surface area contributed by atoms with Gasteiger partial charge in [0, 0.05) is 22.3 Å². The lowest BCUT2D eigenvalue weighted by molar-refractivity contribution is 1.30. The van der Waals surface area contributed by atoms with Crippen LogP contribution < -0.4 is 9.11 Å². The molecular weight excluding hydrogens is 813 g/mol. The van der Waals surface area contributed by atoms with E-state index in [9.17, 15) is 0 Å². The second-order valence-electron chi connectivity index (χ2n) is 18.7. The monoisotopic (exact) mass is 873 g/mol. The minimum atomic E-state index is -1.15. The van der Waals surface area contributed by atoms with Crippen molar-refractivity contribution < 1.29 is 0 Å². The van der Waals surface area contributed by atoms with Crippen LogP contribution in [0.3, 0.4) is 0 Å². The average Bonchev–Trinajstić information content (AvgIpc) is 3.74. The molecule has 9 rings (SSSR count). The number of rotatable bonds is 7. The molecular formula is C59H61N3P2. The van der Waals surface area contributed by atoms with E-state index >= 15 is 0 Å². The molecule has 2 atom stereocenters. The lowest BCUT2D eigenvalue weighted by atomic mass is 9.87. The van der Waals surface area contributed by atoms with Crippen LogP contribution in [0.5, 0.6) is 0 Å². The Morgan fingerprint density at radius 1 is 0.359 bits per heavy atom. The molecule has 0 aromatic heterocycles. The third kappa shape index (κ3) is 7.36. The number of para-hydroxylation sites is 3. The minimum absolute atomic E-state index is 1.07. The Bertz CT molecular complexity index is 2870. The molecule has 7 aromatic carbocycles. The highest BCUT2D eigenvalue weighted by Gasteiger charge is 2.51. The van der Waals surface area contributed by atoms with Crippen LogP contribution in [0.4, 0.5) is 17.1 Å². The number of aliphatic imine (C=N–C) groups is 1. The standard InChI is InChI=1S/C59H61N3P2/c1-34-26-40(7)52(41(8)27-34)48-20-16-21-49(53-42(9)28-35(2)29-43(53)10)57(48)61-59(60-56-38(5)18-15-19-39(56)6)63-24-25-64(61)62(63)58-50(54-44(11)30-36(3)31-45(54)12)22-17-23-51(58)55-46(13)32-37(4)33-47(55)14/h15-33H,1-14H3/t63?,64-/m1/s1. The second-order valence-corrected chi connectivity index (χ2v) is 22.6. The molecule has 1 saturated heterocycles. The molecule has 0 N–H and O–H groups in total. The molecule has 2 heterocycles. The maximum absolute atomic E-state index is 5.95. The van der Waals surface area contributed by atoms with E-state index in [1.165, 1.54) is 134 Å². The largest absolute Gasteiger partial charge is 0.297 e. The van der Waals surface area contributed by atoms with Gasteiger partial charge in [-0.3, -0.25) is 9.11 Å². The van der Waals surface area contributed by atoms with E-state index in [1.807, 2.05) is 0 Å². The van der Waals surface area contributed by atoms with E-state index < -0.39 is 16.3 Å². The van der Waals surface area contributed by atoms with Gasteiger partial charge in [0.2, 0.25) is 0 Å². The summed E-state index contributed by atoms with van der Waals surface area (Å²) in [5, 5.41) is 0. The summed E-state index contributed by atoms with van der Waals surface area (Å²) < 4.78 is 5.56. The molecule has 5 heteroatoms. The molecule has 2 bridgehead atoms. The molecule has 3 nitrogen and oxygen atoms in total. The summed E-state index contributed by atoms with van der Waals surface area (Å²) in [7, 11) is -2.24. The quantitative estimate of drug-likeness (QED) is 0.149. The average molecular weight is 874 g/mol. The van der Waals surface area contributed by atoms with Crippen molar-refractivity contribution >= 4 is 38.9 Å². The molecule has 0 spiro atoms. The van der Waals surface area contributed by atoms with Gasteiger partial charge in [-0.1, -0.05) is 125 Å². The van der Waals surface area contributed by atoms with Gasteiger partial charge in [-0.25, -0.2) is 4.99 Å². The van der Waals surface area contributed by atoms with Crippen molar-refractivity contribution in [3.05, 3.63) is 193 Å². The van der Waals surface area contributed by atoms with Crippen molar-refractivity contribution in [2.75, 3.05) is 9.11 Å². The number of fused-ring (bicyclic) bond motifs is 2. The Labute approximate surface area is 385 Å². The fourth-order valence-corrected chi connectivity index (χ4v) is 17.2. The van der Waals surface area contributed by atoms with Crippen molar-refractivity contribution in [2.24, 2.45) is 4.99 Å².